The fraction of sp³-hybridized carbons (Fsp3) is 0.250. The van der Waals surface area contributed by atoms with Crippen LogP contribution in [0.2, 0.25) is 10.0 Å². The predicted molar refractivity (Wildman–Crippen MR) is 89.1 cm³/mol. The van der Waals surface area contributed by atoms with E-state index in [4.69, 9.17) is 23.2 Å². The summed E-state index contributed by atoms with van der Waals surface area (Å²) in [4.78, 5) is 2.33. The van der Waals surface area contributed by atoms with Crippen molar-refractivity contribution in [1.29, 1.82) is 0 Å². The molecule has 1 N–H and O–H groups in total. The van der Waals surface area contributed by atoms with Gasteiger partial charge in [-0.15, -0.1) is 0 Å². The Morgan fingerprint density at radius 2 is 1.85 bits per heavy atom. The lowest BCUT2D eigenvalue weighted by atomic mass is 10.1. The monoisotopic (exact) mass is 325 g/mol. The maximum atomic E-state index is 6.07. The molecule has 1 unspecified atom stereocenters. The van der Waals surface area contributed by atoms with Gasteiger partial charge in [-0.3, -0.25) is 0 Å². The Balaban J connectivity index is 2.26. The second-order valence-electron chi connectivity index (χ2n) is 4.50. The zero-order valence-electron chi connectivity index (χ0n) is 11.5. The van der Waals surface area contributed by atoms with Crippen molar-refractivity contribution >= 4 is 35.0 Å². The average Bonchev–Trinajstić information content (AvgIpc) is 2.44. The smallest absolute Gasteiger partial charge is 0.0603 e. The van der Waals surface area contributed by atoms with Crippen LogP contribution in [0, 0.1) is 0 Å². The summed E-state index contributed by atoms with van der Waals surface area (Å²) in [5.41, 5.74) is 1.30. The molecule has 0 fully saturated rings. The van der Waals surface area contributed by atoms with E-state index in [9.17, 15) is 0 Å². The van der Waals surface area contributed by atoms with Crippen LogP contribution in [0.5, 0.6) is 0 Å². The minimum absolute atomic E-state index is 0.325. The molecule has 0 saturated carbocycles. The fourth-order valence-corrected chi connectivity index (χ4v) is 3.45. The van der Waals surface area contributed by atoms with E-state index in [0.29, 0.717) is 16.1 Å². The van der Waals surface area contributed by atoms with Crippen molar-refractivity contribution in [2.24, 2.45) is 0 Å². The van der Waals surface area contributed by atoms with Gasteiger partial charge in [0.2, 0.25) is 0 Å². The Kier molecular flexibility index (Phi) is 5.79. The number of nitrogens with one attached hydrogen (secondary N) is 1. The zero-order chi connectivity index (χ0) is 14.5. The van der Waals surface area contributed by atoms with E-state index in [0.717, 1.165) is 11.4 Å². The normalized spacial score (nSPS) is 12.4. The second-order valence-corrected chi connectivity index (χ2v) is 6.42. The number of halogens is 2. The van der Waals surface area contributed by atoms with Gasteiger partial charge in [-0.2, -0.15) is 0 Å². The van der Waals surface area contributed by atoms with Gasteiger partial charge in [-0.25, -0.2) is 0 Å². The van der Waals surface area contributed by atoms with Crippen molar-refractivity contribution in [3.05, 3.63) is 58.1 Å². The van der Waals surface area contributed by atoms with Gasteiger partial charge in [0.25, 0.3) is 0 Å². The molecular weight excluding hydrogens is 309 g/mol. The van der Waals surface area contributed by atoms with E-state index in [1.54, 1.807) is 11.8 Å². The SMILES string of the molecule is CCNC(C)c1ccccc1Sc1ccc(Cl)c(Cl)c1. The van der Waals surface area contributed by atoms with Gasteiger partial charge in [-0.05, 0) is 43.3 Å². The molecule has 4 heteroatoms. The van der Waals surface area contributed by atoms with Crippen molar-refractivity contribution in [2.45, 2.75) is 29.7 Å². The molecule has 0 aliphatic heterocycles. The molecule has 20 heavy (non-hydrogen) atoms. The van der Waals surface area contributed by atoms with Gasteiger partial charge in [0.1, 0.15) is 0 Å². The molecule has 1 nitrogen and oxygen atoms in total. The van der Waals surface area contributed by atoms with Crippen molar-refractivity contribution < 1.29 is 0 Å². The summed E-state index contributed by atoms with van der Waals surface area (Å²) in [5.74, 6) is 0. The fourth-order valence-electron chi connectivity index (χ4n) is 2.01. The molecule has 106 valence electrons. The maximum Gasteiger partial charge on any atom is 0.0603 e. The molecule has 0 spiro atoms. The topological polar surface area (TPSA) is 12.0 Å². The highest BCUT2D eigenvalue weighted by Gasteiger charge is 2.10. The highest BCUT2D eigenvalue weighted by molar-refractivity contribution is 7.99. The largest absolute Gasteiger partial charge is 0.310 e. The van der Waals surface area contributed by atoms with E-state index in [1.807, 2.05) is 18.2 Å². The van der Waals surface area contributed by atoms with E-state index in [2.05, 4.69) is 43.4 Å². The quantitative estimate of drug-likeness (QED) is 0.743. The Labute approximate surface area is 134 Å². The van der Waals surface area contributed by atoms with Crippen LogP contribution in [0.1, 0.15) is 25.5 Å². The molecule has 0 saturated heterocycles. The van der Waals surface area contributed by atoms with Gasteiger partial charge in [0.15, 0.2) is 0 Å². The van der Waals surface area contributed by atoms with Gasteiger partial charge < -0.3 is 5.32 Å². The molecule has 0 radical (unpaired) electrons. The van der Waals surface area contributed by atoms with E-state index in [1.165, 1.54) is 10.5 Å². The number of rotatable bonds is 5. The Morgan fingerprint density at radius 1 is 1.10 bits per heavy atom. The highest BCUT2D eigenvalue weighted by Crippen LogP contribution is 2.35. The summed E-state index contributed by atoms with van der Waals surface area (Å²) in [7, 11) is 0. The lowest BCUT2D eigenvalue weighted by Crippen LogP contribution is -2.18. The Bertz CT molecular complexity index is 586. The van der Waals surface area contributed by atoms with E-state index in [-0.39, 0.29) is 0 Å². The van der Waals surface area contributed by atoms with Crippen LogP contribution in [0.3, 0.4) is 0 Å². The summed E-state index contributed by atoms with van der Waals surface area (Å²) in [5, 5.41) is 4.63. The third kappa shape index (κ3) is 3.92. The van der Waals surface area contributed by atoms with Crippen molar-refractivity contribution in [3.63, 3.8) is 0 Å². The molecule has 0 aliphatic carbocycles. The van der Waals surface area contributed by atoms with Crippen molar-refractivity contribution in [2.75, 3.05) is 6.54 Å². The first-order valence-electron chi connectivity index (χ1n) is 6.57. The minimum atomic E-state index is 0.325. The highest BCUT2D eigenvalue weighted by atomic mass is 35.5. The molecule has 0 amide bonds. The molecule has 1 atom stereocenters. The van der Waals surface area contributed by atoms with Crippen LogP contribution in [-0.2, 0) is 0 Å². The van der Waals surface area contributed by atoms with Crippen LogP contribution in [0.25, 0.3) is 0 Å². The summed E-state index contributed by atoms with van der Waals surface area (Å²) >= 11 is 13.7. The second kappa shape index (κ2) is 7.37. The predicted octanol–water partition coefficient (Wildman–Crippen LogP) is 5.82. The summed E-state index contributed by atoms with van der Waals surface area (Å²) < 4.78 is 0. The lowest BCUT2D eigenvalue weighted by Gasteiger charge is -2.17. The lowest BCUT2D eigenvalue weighted by molar-refractivity contribution is 0.590. The number of benzene rings is 2. The number of hydrogen-bond donors (Lipinski definition) is 1. The van der Waals surface area contributed by atoms with Crippen LogP contribution in [-0.4, -0.2) is 6.54 Å². The molecule has 0 heterocycles. The molecule has 0 aromatic heterocycles. The standard InChI is InChI=1S/C16H17Cl2NS/c1-3-19-11(2)13-6-4-5-7-16(13)20-12-8-9-14(17)15(18)10-12/h4-11,19H,3H2,1-2H3. The molecular formula is C16H17Cl2NS. The summed E-state index contributed by atoms with van der Waals surface area (Å²) in [6.45, 7) is 5.25. The van der Waals surface area contributed by atoms with Gasteiger partial charge >= 0.3 is 0 Å². The molecule has 2 rings (SSSR count). The van der Waals surface area contributed by atoms with Crippen molar-refractivity contribution in [3.8, 4) is 0 Å². The van der Waals surface area contributed by atoms with Gasteiger partial charge in [-0.1, -0.05) is 60.1 Å². The Morgan fingerprint density at radius 3 is 2.55 bits per heavy atom. The number of hydrogen-bond acceptors (Lipinski definition) is 2. The van der Waals surface area contributed by atoms with E-state index < -0.39 is 0 Å². The molecule has 0 bridgehead atoms. The Hall–Kier alpha value is -0.670. The van der Waals surface area contributed by atoms with E-state index >= 15 is 0 Å². The van der Waals surface area contributed by atoms with Crippen LogP contribution in [0.15, 0.2) is 52.3 Å². The van der Waals surface area contributed by atoms with Gasteiger partial charge in [0, 0.05) is 15.8 Å². The first kappa shape index (κ1) is 15.7. The molecule has 2 aromatic rings. The third-order valence-electron chi connectivity index (χ3n) is 3.01. The first-order chi connectivity index (χ1) is 9.61. The van der Waals surface area contributed by atoms with Crippen LogP contribution in [0.4, 0.5) is 0 Å². The summed E-state index contributed by atoms with van der Waals surface area (Å²) in [6, 6.07) is 14.5. The van der Waals surface area contributed by atoms with Crippen LogP contribution < -0.4 is 5.32 Å². The van der Waals surface area contributed by atoms with Crippen molar-refractivity contribution in [1.82, 2.24) is 5.32 Å². The van der Waals surface area contributed by atoms with Crippen LogP contribution >= 0.6 is 35.0 Å². The first-order valence-corrected chi connectivity index (χ1v) is 8.14. The summed E-state index contributed by atoms with van der Waals surface area (Å²) in [6.07, 6.45) is 0. The average molecular weight is 326 g/mol. The minimum Gasteiger partial charge on any atom is -0.310 e. The van der Waals surface area contributed by atoms with Gasteiger partial charge in [0.05, 0.1) is 10.0 Å². The maximum absolute atomic E-state index is 6.07. The zero-order valence-corrected chi connectivity index (χ0v) is 13.8. The molecule has 2 aromatic carbocycles. The third-order valence-corrected chi connectivity index (χ3v) is 4.84. The molecule has 0 aliphatic rings.